The maximum atomic E-state index is 12.8. The van der Waals surface area contributed by atoms with Crippen LogP contribution in [0.15, 0.2) is 58.5 Å². The second kappa shape index (κ2) is 7.03. The van der Waals surface area contributed by atoms with E-state index in [4.69, 9.17) is 0 Å². The highest BCUT2D eigenvalue weighted by Gasteiger charge is 2.23. The number of rotatable bonds is 3. The molecule has 3 aromatic rings. The highest BCUT2D eigenvalue weighted by Crippen LogP contribution is 2.29. The molecular formula is C17H19ClN4O2S. The molecular weight excluding hydrogens is 360 g/mol. The minimum Gasteiger partial charge on any atom is -0.369 e. The largest absolute Gasteiger partial charge is 0.369 e. The molecule has 25 heavy (non-hydrogen) atoms. The van der Waals surface area contributed by atoms with Gasteiger partial charge in [0.15, 0.2) is 5.03 Å². The van der Waals surface area contributed by atoms with E-state index in [0.29, 0.717) is 10.9 Å². The number of hydrogen-bond donors (Lipinski definition) is 2. The number of aromatic nitrogens is 2. The summed E-state index contributed by atoms with van der Waals surface area (Å²) in [6.07, 6.45) is 0. The SMILES string of the molecule is Cl.O=S(=O)(c1ccccc1)c1[nH]nc2cc(N3CCNCC3)ccc12. The summed E-state index contributed by atoms with van der Waals surface area (Å²) in [5.74, 6) is 0. The molecule has 2 heterocycles. The molecule has 0 unspecified atom stereocenters. The Labute approximate surface area is 152 Å². The molecule has 0 aliphatic carbocycles. The minimum atomic E-state index is -3.60. The minimum absolute atomic E-state index is 0. The first kappa shape index (κ1) is 17.7. The molecule has 8 heteroatoms. The molecule has 2 aromatic carbocycles. The molecule has 2 N–H and O–H groups in total. The van der Waals surface area contributed by atoms with Crippen molar-refractivity contribution in [3.8, 4) is 0 Å². The van der Waals surface area contributed by atoms with Gasteiger partial charge < -0.3 is 10.2 Å². The van der Waals surface area contributed by atoms with E-state index in [1.807, 2.05) is 18.2 Å². The van der Waals surface area contributed by atoms with Crippen molar-refractivity contribution in [3.05, 3.63) is 48.5 Å². The van der Waals surface area contributed by atoms with Crippen molar-refractivity contribution in [1.29, 1.82) is 0 Å². The number of nitrogens with zero attached hydrogens (tertiary/aromatic N) is 2. The number of halogens is 1. The van der Waals surface area contributed by atoms with Gasteiger partial charge in [-0.05, 0) is 30.3 Å². The molecule has 1 fully saturated rings. The first-order valence-corrected chi connectivity index (χ1v) is 9.38. The fraction of sp³-hybridized carbons (Fsp3) is 0.235. The lowest BCUT2D eigenvalue weighted by molar-refractivity contribution is 0.589. The third-order valence-electron chi connectivity index (χ3n) is 4.31. The second-order valence-corrected chi connectivity index (χ2v) is 7.69. The van der Waals surface area contributed by atoms with Crippen LogP contribution in [0.4, 0.5) is 5.69 Å². The third-order valence-corrected chi connectivity index (χ3v) is 6.05. The highest BCUT2D eigenvalue weighted by atomic mass is 35.5. The quantitative estimate of drug-likeness (QED) is 0.730. The van der Waals surface area contributed by atoms with E-state index in [2.05, 4.69) is 20.4 Å². The lowest BCUT2D eigenvalue weighted by Gasteiger charge is -2.29. The van der Waals surface area contributed by atoms with Gasteiger partial charge in [0.2, 0.25) is 9.84 Å². The Morgan fingerprint density at radius 3 is 2.44 bits per heavy atom. The molecule has 0 atom stereocenters. The first-order chi connectivity index (χ1) is 11.7. The van der Waals surface area contributed by atoms with Crippen LogP contribution in [-0.4, -0.2) is 44.8 Å². The molecule has 1 aliphatic rings. The second-order valence-electron chi connectivity index (χ2n) is 5.81. The van der Waals surface area contributed by atoms with Gasteiger partial charge in [0.1, 0.15) is 0 Å². The summed E-state index contributed by atoms with van der Waals surface area (Å²) in [4.78, 5) is 2.54. The summed E-state index contributed by atoms with van der Waals surface area (Å²) < 4.78 is 25.6. The average molecular weight is 379 g/mol. The van der Waals surface area contributed by atoms with E-state index in [-0.39, 0.29) is 22.3 Å². The Bertz CT molecular complexity index is 967. The molecule has 4 rings (SSSR count). The van der Waals surface area contributed by atoms with Crippen LogP contribution in [0.1, 0.15) is 0 Å². The molecule has 0 saturated carbocycles. The van der Waals surface area contributed by atoms with Crippen molar-refractivity contribution in [3.63, 3.8) is 0 Å². The van der Waals surface area contributed by atoms with Gasteiger partial charge >= 0.3 is 0 Å². The summed E-state index contributed by atoms with van der Waals surface area (Å²) >= 11 is 0. The van der Waals surface area contributed by atoms with Crippen LogP contribution in [-0.2, 0) is 9.84 Å². The molecule has 1 aliphatic heterocycles. The lowest BCUT2D eigenvalue weighted by Crippen LogP contribution is -2.43. The summed E-state index contributed by atoms with van der Waals surface area (Å²) in [7, 11) is -3.60. The number of anilines is 1. The standard InChI is InChI=1S/C17H18N4O2S.ClH/c22-24(23,14-4-2-1-3-5-14)17-15-7-6-13(12-16(15)19-20-17)21-10-8-18-9-11-21;/h1-7,12,18H,8-11H2,(H,19,20);1H. The molecule has 1 aromatic heterocycles. The third kappa shape index (κ3) is 3.22. The average Bonchev–Trinajstić information content (AvgIpc) is 3.07. The number of benzene rings is 2. The number of aromatic amines is 1. The summed E-state index contributed by atoms with van der Waals surface area (Å²) in [6.45, 7) is 3.77. The topological polar surface area (TPSA) is 78.1 Å². The molecule has 0 amide bonds. The zero-order valence-electron chi connectivity index (χ0n) is 13.5. The Morgan fingerprint density at radius 1 is 1.00 bits per heavy atom. The van der Waals surface area contributed by atoms with Gasteiger partial charge in [-0.15, -0.1) is 12.4 Å². The van der Waals surface area contributed by atoms with Crippen molar-refractivity contribution in [2.45, 2.75) is 9.92 Å². The first-order valence-electron chi connectivity index (χ1n) is 7.90. The predicted molar refractivity (Wildman–Crippen MR) is 100 cm³/mol. The van der Waals surface area contributed by atoms with Gasteiger partial charge in [0, 0.05) is 37.3 Å². The number of fused-ring (bicyclic) bond motifs is 1. The maximum Gasteiger partial charge on any atom is 0.223 e. The zero-order valence-corrected chi connectivity index (χ0v) is 15.1. The van der Waals surface area contributed by atoms with E-state index < -0.39 is 9.84 Å². The van der Waals surface area contributed by atoms with Gasteiger partial charge in [-0.25, -0.2) is 8.42 Å². The summed E-state index contributed by atoms with van der Waals surface area (Å²) in [6, 6.07) is 14.2. The van der Waals surface area contributed by atoms with E-state index >= 15 is 0 Å². The molecule has 6 nitrogen and oxygen atoms in total. The molecule has 0 spiro atoms. The Morgan fingerprint density at radius 2 is 1.72 bits per heavy atom. The number of sulfone groups is 1. The lowest BCUT2D eigenvalue weighted by atomic mass is 10.2. The maximum absolute atomic E-state index is 12.8. The zero-order chi connectivity index (χ0) is 16.6. The van der Waals surface area contributed by atoms with E-state index in [1.54, 1.807) is 30.3 Å². The molecule has 0 radical (unpaired) electrons. The van der Waals surface area contributed by atoms with Gasteiger partial charge in [-0.2, -0.15) is 5.10 Å². The monoisotopic (exact) mass is 378 g/mol. The van der Waals surface area contributed by atoms with Crippen LogP contribution >= 0.6 is 12.4 Å². The summed E-state index contributed by atoms with van der Waals surface area (Å²) in [5.41, 5.74) is 1.74. The van der Waals surface area contributed by atoms with Gasteiger partial charge in [-0.1, -0.05) is 18.2 Å². The van der Waals surface area contributed by atoms with Gasteiger partial charge in [0.25, 0.3) is 0 Å². The predicted octanol–water partition coefficient (Wildman–Crippen LogP) is 2.23. The van der Waals surface area contributed by atoms with Crippen LogP contribution < -0.4 is 10.2 Å². The Balaban J connectivity index is 0.00000182. The molecule has 1 saturated heterocycles. The van der Waals surface area contributed by atoms with Crippen molar-refractivity contribution in [1.82, 2.24) is 15.5 Å². The van der Waals surface area contributed by atoms with Gasteiger partial charge in [0.05, 0.1) is 10.4 Å². The fourth-order valence-corrected chi connectivity index (χ4v) is 4.40. The number of nitrogens with one attached hydrogen (secondary N) is 2. The van der Waals surface area contributed by atoms with Crippen molar-refractivity contribution in [2.75, 3.05) is 31.1 Å². The molecule has 0 bridgehead atoms. The molecule has 132 valence electrons. The van der Waals surface area contributed by atoms with Crippen LogP contribution in [0.25, 0.3) is 10.9 Å². The fourth-order valence-electron chi connectivity index (χ4n) is 3.02. The number of H-pyrrole nitrogens is 1. The Kier molecular flexibility index (Phi) is 4.99. The van der Waals surface area contributed by atoms with Gasteiger partial charge in [-0.3, -0.25) is 5.10 Å². The van der Waals surface area contributed by atoms with Crippen LogP contribution in [0.2, 0.25) is 0 Å². The van der Waals surface area contributed by atoms with Crippen LogP contribution in [0, 0.1) is 0 Å². The highest BCUT2D eigenvalue weighted by molar-refractivity contribution is 7.91. The van der Waals surface area contributed by atoms with Crippen LogP contribution in [0.5, 0.6) is 0 Å². The summed E-state index contributed by atoms with van der Waals surface area (Å²) in [5, 5.41) is 11.0. The number of piperazine rings is 1. The van der Waals surface area contributed by atoms with E-state index in [1.165, 1.54) is 0 Å². The van der Waals surface area contributed by atoms with E-state index in [0.717, 1.165) is 31.9 Å². The van der Waals surface area contributed by atoms with Crippen molar-refractivity contribution >= 4 is 38.8 Å². The normalized spacial score (nSPS) is 15.1. The van der Waals surface area contributed by atoms with Crippen LogP contribution in [0.3, 0.4) is 0 Å². The Hall–Kier alpha value is -2.09. The van der Waals surface area contributed by atoms with E-state index in [9.17, 15) is 8.42 Å². The van der Waals surface area contributed by atoms with Crippen molar-refractivity contribution < 1.29 is 8.42 Å². The number of hydrogen-bond acceptors (Lipinski definition) is 5. The smallest absolute Gasteiger partial charge is 0.223 e. The van der Waals surface area contributed by atoms with Crippen molar-refractivity contribution in [2.24, 2.45) is 0 Å².